The van der Waals surface area contributed by atoms with Crippen molar-refractivity contribution in [2.24, 2.45) is 0 Å². The first kappa shape index (κ1) is 16.2. The Morgan fingerprint density at radius 3 is 2.40 bits per heavy atom. The summed E-state index contributed by atoms with van der Waals surface area (Å²) in [7, 11) is 0. The molecule has 0 aromatic heterocycles. The molecule has 0 bridgehead atoms. The first-order chi connectivity index (χ1) is 9.54. The molecule has 2 unspecified atom stereocenters. The number of hydrogen-bond acceptors (Lipinski definition) is 3. The van der Waals surface area contributed by atoms with Gasteiger partial charge in [-0.05, 0) is 38.8 Å². The van der Waals surface area contributed by atoms with Crippen LogP contribution in [0.25, 0.3) is 0 Å². The van der Waals surface area contributed by atoms with Crippen LogP contribution in [0.2, 0.25) is 0 Å². The summed E-state index contributed by atoms with van der Waals surface area (Å²) in [4.78, 5) is 23.8. The van der Waals surface area contributed by atoms with E-state index in [4.69, 9.17) is 5.11 Å². The van der Waals surface area contributed by atoms with Crippen LogP contribution < -0.4 is 10.6 Å². The SMILES string of the molecule is CC(CCCO)NC(=O)C(C)NC(=O)c1ccccc1. The number of carbonyl (C=O) groups excluding carboxylic acids is 2. The quantitative estimate of drug-likeness (QED) is 0.698. The molecule has 0 aliphatic heterocycles. The Morgan fingerprint density at radius 2 is 1.80 bits per heavy atom. The van der Waals surface area contributed by atoms with Gasteiger partial charge in [0, 0.05) is 18.2 Å². The molecular weight excluding hydrogens is 256 g/mol. The summed E-state index contributed by atoms with van der Waals surface area (Å²) in [6, 6.07) is 8.15. The molecule has 0 fully saturated rings. The maximum atomic E-state index is 11.9. The van der Waals surface area contributed by atoms with Gasteiger partial charge in [0.15, 0.2) is 0 Å². The van der Waals surface area contributed by atoms with E-state index in [2.05, 4.69) is 10.6 Å². The van der Waals surface area contributed by atoms with Gasteiger partial charge in [-0.1, -0.05) is 18.2 Å². The standard InChI is InChI=1S/C15H22N2O3/c1-11(7-6-10-18)16-14(19)12(2)17-15(20)13-8-4-3-5-9-13/h3-5,8-9,11-12,18H,6-7,10H2,1-2H3,(H,16,19)(H,17,20). The van der Waals surface area contributed by atoms with Gasteiger partial charge in [-0.25, -0.2) is 0 Å². The van der Waals surface area contributed by atoms with E-state index < -0.39 is 6.04 Å². The highest BCUT2D eigenvalue weighted by Gasteiger charge is 2.17. The molecule has 0 saturated heterocycles. The fourth-order valence-electron chi connectivity index (χ4n) is 1.77. The molecule has 3 N–H and O–H groups in total. The summed E-state index contributed by atoms with van der Waals surface area (Å²) in [5.41, 5.74) is 0.528. The van der Waals surface area contributed by atoms with E-state index in [1.54, 1.807) is 31.2 Å². The number of aliphatic hydroxyl groups is 1. The molecular formula is C15H22N2O3. The van der Waals surface area contributed by atoms with Crippen LogP contribution >= 0.6 is 0 Å². The molecule has 20 heavy (non-hydrogen) atoms. The number of rotatable bonds is 7. The highest BCUT2D eigenvalue weighted by Crippen LogP contribution is 2.00. The van der Waals surface area contributed by atoms with Crippen LogP contribution in [0.4, 0.5) is 0 Å². The van der Waals surface area contributed by atoms with Crippen LogP contribution in [0.1, 0.15) is 37.0 Å². The number of carbonyl (C=O) groups is 2. The van der Waals surface area contributed by atoms with Crippen molar-refractivity contribution in [3.8, 4) is 0 Å². The first-order valence-electron chi connectivity index (χ1n) is 6.81. The van der Waals surface area contributed by atoms with Crippen molar-refractivity contribution >= 4 is 11.8 Å². The van der Waals surface area contributed by atoms with E-state index in [0.717, 1.165) is 0 Å². The van der Waals surface area contributed by atoms with Gasteiger partial charge in [0.2, 0.25) is 5.91 Å². The van der Waals surface area contributed by atoms with Crippen molar-refractivity contribution in [3.63, 3.8) is 0 Å². The van der Waals surface area contributed by atoms with E-state index in [-0.39, 0.29) is 24.5 Å². The minimum absolute atomic E-state index is 0.0225. The smallest absolute Gasteiger partial charge is 0.251 e. The van der Waals surface area contributed by atoms with Gasteiger partial charge in [-0.3, -0.25) is 9.59 Å². The molecule has 1 rings (SSSR count). The van der Waals surface area contributed by atoms with E-state index in [0.29, 0.717) is 18.4 Å². The summed E-state index contributed by atoms with van der Waals surface area (Å²) < 4.78 is 0. The molecule has 0 aliphatic carbocycles. The topological polar surface area (TPSA) is 78.4 Å². The van der Waals surface area contributed by atoms with Gasteiger partial charge in [-0.2, -0.15) is 0 Å². The molecule has 0 saturated carbocycles. The molecule has 5 heteroatoms. The number of nitrogens with one attached hydrogen (secondary N) is 2. The maximum Gasteiger partial charge on any atom is 0.251 e. The minimum atomic E-state index is -0.598. The summed E-state index contributed by atoms with van der Waals surface area (Å²) >= 11 is 0. The molecule has 5 nitrogen and oxygen atoms in total. The Labute approximate surface area is 119 Å². The Kier molecular flexibility index (Phi) is 6.73. The second-order valence-corrected chi connectivity index (χ2v) is 4.84. The van der Waals surface area contributed by atoms with Crippen LogP contribution in [0.15, 0.2) is 30.3 Å². The van der Waals surface area contributed by atoms with E-state index in [9.17, 15) is 9.59 Å². The molecule has 0 spiro atoms. The summed E-state index contributed by atoms with van der Waals surface area (Å²) in [5, 5.41) is 14.2. The third-order valence-electron chi connectivity index (χ3n) is 2.96. The zero-order valence-corrected chi connectivity index (χ0v) is 11.9. The lowest BCUT2D eigenvalue weighted by atomic mass is 10.1. The number of benzene rings is 1. The molecule has 0 radical (unpaired) electrons. The average molecular weight is 278 g/mol. The van der Waals surface area contributed by atoms with E-state index >= 15 is 0 Å². The molecule has 0 aliphatic rings. The Balaban J connectivity index is 2.43. The van der Waals surface area contributed by atoms with Crippen molar-refractivity contribution in [1.82, 2.24) is 10.6 Å². The Morgan fingerprint density at radius 1 is 1.15 bits per heavy atom. The van der Waals surface area contributed by atoms with Gasteiger partial charge in [0.1, 0.15) is 6.04 Å². The van der Waals surface area contributed by atoms with Crippen LogP contribution in [0.3, 0.4) is 0 Å². The highest BCUT2D eigenvalue weighted by molar-refractivity contribution is 5.97. The largest absolute Gasteiger partial charge is 0.396 e. The van der Waals surface area contributed by atoms with Crippen molar-refractivity contribution in [1.29, 1.82) is 0 Å². The fraction of sp³-hybridized carbons (Fsp3) is 0.467. The molecule has 1 aromatic rings. The predicted octanol–water partition coefficient (Wildman–Crippen LogP) is 1.08. The number of hydrogen-bond donors (Lipinski definition) is 3. The minimum Gasteiger partial charge on any atom is -0.396 e. The van der Waals surface area contributed by atoms with Gasteiger partial charge in [0.25, 0.3) is 5.91 Å². The Bertz CT molecular complexity index is 434. The zero-order chi connectivity index (χ0) is 15.0. The monoisotopic (exact) mass is 278 g/mol. The summed E-state index contributed by atoms with van der Waals surface area (Å²) in [6.07, 6.45) is 1.35. The second kappa shape index (κ2) is 8.32. The molecule has 0 heterocycles. The zero-order valence-electron chi connectivity index (χ0n) is 11.9. The first-order valence-corrected chi connectivity index (χ1v) is 6.81. The van der Waals surface area contributed by atoms with Crippen LogP contribution in [0.5, 0.6) is 0 Å². The van der Waals surface area contributed by atoms with Crippen molar-refractivity contribution in [2.45, 2.75) is 38.8 Å². The van der Waals surface area contributed by atoms with Gasteiger partial charge >= 0.3 is 0 Å². The molecule has 2 atom stereocenters. The lowest BCUT2D eigenvalue weighted by Gasteiger charge is -2.18. The molecule has 2 amide bonds. The third-order valence-corrected chi connectivity index (χ3v) is 2.96. The van der Waals surface area contributed by atoms with Crippen LogP contribution in [-0.4, -0.2) is 35.6 Å². The van der Waals surface area contributed by atoms with Crippen LogP contribution in [-0.2, 0) is 4.79 Å². The summed E-state index contributed by atoms with van der Waals surface area (Å²) in [5.74, 6) is -0.490. The van der Waals surface area contributed by atoms with Gasteiger partial charge < -0.3 is 15.7 Å². The molecule has 1 aromatic carbocycles. The average Bonchev–Trinajstić information content (AvgIpc) is 2.45. The highest BCUT2D eigenvalue weighted by atomic mass is 16.3. The normalized spacial score (nSPS) is 13.3. The van der Waals surface area contributed by atoms with Crippen LogP contribution in [0, 0.1) is 0 Å². The maximum absolute atomic E-state index is 11.9. The second-order valence-electron chi connectivity index (χ2n) is 4.84. The van der Waals surface area contributed by atoms with Crippen molar-refractivity contribution in [3.05, 3.63) is 35.9 Å². The van der Waals surface area contributed by atoms with Crippen molar-refractivity contribution in [2.75, 3.05) is 6.61 Å². The fourth-order valence-corrected chi connectivity index (χ4v) is 1.77. The number of aliphatic hydroxyl groups excluding tert-OH is 1. The van der Waals surface area contributed by atoms with Gasteiger partial charge in [0.05, 0.1) is 0 Å². The van der Waals surface area contributed by atoms with Crippen molar-refractivity contribution < 1.29 is 14.7 Å². The number of amides is 2. The Hall–Kier alpha value is -1.88. The van der Waals surface area contributed by atoms with E-state index in [1.165, 1.54) is 0 Å². The van der Waals surface area contributed by atoms with E-state index in [1.807, 2.05) is 13.0 Å². The van der Waals surface area contributed by atoms with Gasteiger partial charge in [-0.15, -0.1) is 0 Å². The summed E-state index contributed by atoms with van der Waals surface area (Å²) in [6.45, 7) is 3.63. The lowest BCUT2D eigenvalue weighted by Crippen LogP contribution is -2.47. The third kappa shape index (κ3) is 5.40. The predicted molar refractivity (Wildman–Crippen MR) is 77.3 cm³/mol. The lowest BCUT2D eigenvalue weighted by molar-refractivity contribution is -0.123. The molecule has 110 valence electrons.